The van der Waals surface area contributed by atoms with Crippen molar-refractivity contribution < 1.29 is 0 Å². The van der Waals surface area contributed by atoms with Crippen molar-refractivity contribution in [1.82, 2.24) is 0 Å². The van der Waals surface area contributed by atoms with Crippen LogP contribution in [0.25, 0.3) is 0 Å². The Kier molecular flexibility index (Phi) is 61.1. The Balaban J connectivity index is 8.28. The molecule has 0 saturated carbocycles. The van der Waals surface area contributed by atoms with E-state index in [0.717, 1.165) is 5.92 Å². The van der Waals surface area contributed by atoms with E-state index in [1.807, 2.05) is 0 Å². The number of rotatable bonds is 69. The van der Waals surface area contributed by atoms with Crippen molar-refractivity contribution in [3.05, 3.63) is 0 Å². The summed E-state index contributed by atoms with van der Waals surface area (Å²) in [5.41, 5.74) is 1.40. The summed E-state index contributed by atoms with van der Waals surface area (Å²) in [7, 11) is 0. The molecule has 0 aromatic carbocycles. The van der Waals surface area contributed by atoms with Crippen molar-refractivity contribution in [2.24, 2.45) is 22.2 Å². The fourth-order valence-electron chi connectivity index (χ4n) is 16.3. The van der Waals surface area contributed by atoms with Crippen LogP contribution < -0.4 is 0 Å². The second-order valence-corrected chi connectivity index (χ2v) is 28.0. The lowest BCUT2D eigenvalue weighted by Gasteiger charge is -2.66. The molecule has 476 valence electrons. The molecule has 0 heteroatoms. The molecule has 79 heavy (non-hydrogen) atoms. The van der Waals surface area contributed by atoms with Gasteiger partial charge in [0, 0.05) is 0 Å². The number of hydrogen-bond acceptors (Lipinski definition) is 0. The monoisotopic (exact) mass is 1110 g/mol. The largest absolute Gasteiger partial charge is 0.0654 e. The fraction of sp³-hybridized carbons (Fsp3) is 1.00. The van der Waals surface area contributed by atoms with Crippen LogP contribution in [0.15, 0.2) is 0 Å². The second kappa shape index (κ2) is 61.1. The van der Waals surface area contributed by atoms with E-state index in [9.17, 15) is 0 Å². The first-order valence-electron chi connectivity index (χ1n) is 38.9. The standard InChI is InChI=1S/C79H160/c1-10-19-28-35-40-43-45-46-47-49-53-59-68-76(67-27-18-9)78(72-60-26-17-8,73-64-34-25-16-7)79(74-65-54-33-24-15-6,75-66-58-39-32-23-14-5)77(69-61-55-50-38-31-22-13-4,70-62-56-51-42-37-30-21-12-3)71-63-57-52-48-44-41-36-29-20-11-2/h76H,10-75H2,1-9H3. The highest BCUT2D eigenvalue weighted by Gasteiger charge is 2.61. The minimum Gasteiger partial charge on any atom is -0.0654 e. The van der Waals surface area contributed by atoms with Gasteiger partial charge in [-0.2, -0.15) is 0 Å². The van der Waals surface area contributed by atoms with Gasteiger partial charge in [0.1, 0.15) is 0 Å². The van der Waals surface area contributed by atoms with Crippen LogP contribution in [0.4, 0.5) is 0 Å². The molecule has 0 aromatic heterocycles. The minimum absolute atomic E-state index is 0.453. The molecule has 0 spiro atoms. The minimum atomic E-state index is 0.453. The van der Waals surface area contributed by atoms with Crippen LogP contribution in [0.1, 0.15) is 486 Å². The molecule has 4 atom stereocenters. The number of unbranched alkanes of at least 4 members (excludes halogenated alkanes) is 48. The van der Waals surface area contributed by atoms with Gasteiger partial charge in [0.2, 0.25) is 0 Å². The topological polar surface area (TPSA) is 0 Å². The van der Waals surface area contributed by atoms with E-state index >= 15 is 0 Å². The van der Waals surface area contributed by atoms with Gasteiger partial charge < -0.3 is 0 Å². The highest BCUT2D eigenvalue weighted by atomic mass is 14.7. The fourth-order valence-corrected chi connectivity index (χ4v) is 16.3. The molecule has 0 nitrogen and oxygen atoms in total. The first-order chi connectivity index (χ1) is 38.9. The third-order valence-corrected chi connectivity index (χ3v) is 21.2. The first kappa shape index (κ1) is 79.0. The van der Waals surface area contributed by atoms with E-state index in [-0.39, 0.29) is 0 Å². The Morgan fingerprint density at radius 2 is 0.342 bits per heavy atom. The van der Waals surface area contributed by atoms with Gasteiger partial charge in [-0.1, -0.05) is 428 Å². The van der Waals surface area contributed by atoms with Crippen LogP contribution in [-0.2, 0) is 0 Å². The Labute approximate surface area is 505 Å². The van der Waals surface area contributed by atoms with Gasteiger partial charge in [-0.25, -0.2) is 0 Å². The molecule has 0 N–H and O–H groups in total. The summed E-state index contributed by atoms with van der Waals surface area (Å²) in [6.07, 6.45) is 97.7. The summed E-state index contributed by atoms with van der Waals surface area (Å²) < 4.78 is 0. The third kappa shape index (κ3) is 40.1. The maximum absolute atomic E-state index is 2.57. The highest BCUT2D eigenvalue weighted by Crippen LogP contribution is 2.70. The van der Waals surface area contributed by atoms with Crippen molar-refractivity contribution in [2.75, 3.05) is 0 Å². The summed E-state index contributed by atoms with van der Waals surface area (Å²) in [5, 5.41) is 0. The smallest absolute Gasteiger partial charge is 0.0182 e. The van der Waals surface area contributed by atoms with E-state index in [2.05, 4.69) is 62.3 Å². The van der Waals surface area contributed by atoms with E-state index < -0.39 is 0 Å². The molecule has 0 rings (SSSR count). The molecule has 0 aliphatic heterocycles. The molecule has 0 amide bonds. The summed E-state index contributed by atoms with van der Waals surface area (Å²) in [4.78, 5) is 0. The van der Waals surface area contributed by atoms with Crippen molar-refractivity contribution in [2.45, 2.75) is 486 Å². The average Bonchev–Trinajstić information content (AvgIpc) is 3.65. The summed E-state index contributed by atoms with van der Waals surface area (Å²) in [6.45, 7) is 22.1. The van der Waals surface area contributed by atoms with Gasteiger partial charge in [-0.05, 0) is 80.0 Å². The average molecular weight is 1110 g/mol. The van der Waals surface area contributed by atoms with Gasteiger partial charge in [-0.15, -0.1) is 0 Å². The zero-order valence-corrected chi connectivity index (χ0v) is 57.7. The normalized spacial score (nSPS) is 14.7. The van der Waals surface area contributed by atoms with Crippen molar-refractivity contribution in [1.29, 1.82) is 0 Å². The lowest BCUT2D eigenvalue weighted by Crippen LogP contribution is -2.57. The molecule has 0 aliphatic carbocycles. The molecular formula is C79H160. The summed E-state index contributed by atoms with van der Waals surface area (Å²) >= 11 is 0. The molecule has 0 fully saturated rings. The Hall–Kier alpha value is 0. The molecule has 0 saturated heterocycles. The van der Waals surface area contributed by atoms with Crippen molar-refractivity contribution in [3.8, 4) is 0 Å². The highest BCUT2D eigenvalue weighted by molar-refractivity contribution is 5.11. The lowest BCUT2D eigenvalue weighted by atomic mass is 9.39. The second-order valence-electron chi connectivity index (χ2n) is 28.0. The third-order valence-electron chi connectivity index (χ3n) is 21.2. The quantitative estimate of drug-likeness (QED) is 0.0533. The maximum atomic E-state index is 2.57. The van der Waals surface area contributed by atoms with Crippen molar-refractivity contribution in [3.63, 3.8) is 0 Å². The number of hydrogen-bond donors (Lipinski definition) is 0. The van der Waals surface area contributed by atoms with Crippen LogP contribution in [0, 0.1) is 22.2 Å². The molecule has 0 radical (unpaired) electrons. The summed E-state index contributed by atoms with van der Waals surface area (Å²) in [6, 6.07) is 0. The van der Waals surface area contributed by atoms with E-state index in [1.165, 1.54) is 372 Å². The zero-order chi connectivity index (χ0) is 57.7. The summed E-state index contributed by atoms with van der Waals surface area (Å²) in [5.74, 6) is 0.907. The van der Waals surface area contributed by atoms with Gasteiger partial charge >= 0.3 is 0 Å². The van der Waals surface area contributed by atoms with E-state index in [0.29, 0.717) is 16.2 Å². The maximum Gasteiger partial charge on any atom is -0.0182 e. The van der Waals surface area contributed by atoms with E-state index in [4.69, 9.17) is 0 Å². The van der Waals surface area contributed by atoms with E-state index in [1.54, 1.807) is 51.4 Å². The Bertz CT molecular complexity index is 1120. The first-order valence-corrected chi connectivity index (χ1v) is 38.9. The van der Waals surface area contributed by atoms with Gasteiger partial charge in [0.25, 0.3) is 0 Å². The predicted octanol–water partition coefficient (Wildman–Crippen LogP) is 30.5. The molecule has 4 unspecified atom stereocenters. The SMILES string of the molecule is CCCCCCCCCCCCCCC(CCCC)C(CCCCC)(CCCCCC)C(CCCCCCC)(CCCCCCCC)C(CCCCCCCCC)(CCCCCCCCCC)CCCCCCCCCCCC. The van der Waals surface area contributed by atoms with Crippen LogP contribution in [-0.4, -0.2) is 0 Å². The predicted molar refractivity (Wildman–Crippen MR) is 367 cm³/mol. The molecule has 0 bridgehead atoms. The van der Waals surface area contributed by atoms with Crippen molar-refractivity contribution >= 4 is 0 Å². The Morgan fingerprint density at radius 3 is 0.620 bits per heavy atom. The van der Waals surface area contributed by atoms with Gasteiger partial charge in [-0.3, -0.25) is 0 Å². The molecule has 0 aromatic rings. The Morgan fingerprint density at radius 1 is 0.165 bits per heavy atom. The molecule has 0 aliphatic rings. The van der Waals surface area contributed by atoms with Crippen LogP contribution in [0.2, 0.25) is 0 Å². The molecule has 0 heterocycles. The van der Waals surface area contributed by atoms with Gasteiger partial charge in [0.05, 0.1) is 0 Å². The zero-order valence-electron chi connectivity index (χ0n) is 57.7. The van der Waals surface area contributed by atoms with Crippen LogP contribution >= 0.6 is 0 Å². The molecular weight excluding hydrogens is 949 g/mol. The van der Waals surface area contributed by atoms with Crippen LogP contribution in [0.5, 0.6) is 0 Å². The lowest BCUT2D eigenvalue weighted by molar-refractivity contribution is -0.166. The van der Waals surface area contributed by atoms with Gasteiger partial charge in [0.15, 0.2) is 0 Å². The van der Waals surface area contributed by atoms with Crippen LogP contribution in [0.3, 0.4) is 0 Å².